The Hall–Kier alpha value is -1.69. The first-order chi connectivity index (χ1) is 9.92. The molecule has 1 aliphatic heterocycles. The maximum Gasteiger partial charge on any atom is 0.390 e. The second kappa shape index (κ2) is 6.20. The lowest BCUT2D eigenvalue weighted by Gasteiger charge is -2.47. The van der Waals surface area contributed by atoms with Crippen molar-refractivity contribution in [1.29, 1.82) is 0 Å². The lowest BCUT2D eigenvalue weighted by Crippen LogP contribution is -2.64. The second-order valence-electron chi connectivity index (χ2n) is 7.22. The van der Waals surface area contributed by atoms with Gasteiger partial charge in [0.1, 0.15) is 5.78 Å². The van der Waals surface area contributed by atoms with E-state index in [1.54, 1.807) is 32.0 Å². The summed E-state index contributed by atoms with van der Waals surface area (Å²) in [6.07, 6.45) is 1.62. The van der Waals surface area contributed by atoms with Gasteiger partial charge in [-0.2, -0.15) is 0 Å². The van der Waals surface area contributed by atoms with E-state index < -0.39 is 17.6 Å². The average molecular weight is 311 g/mol. The summed E-state index contributed by atoms with van der Waals surface area (Å²) in [5.74, 6) is -1.07. The molecule has 124 valence electrons. The van der Waals surface area contributed by atoms with Crippen molar-refractivity contribution in [3.8, 4) is 0 Å². The maximum absolute atomic E-state index is 12.7. The number of amides is 1. The van der Waals surface area contributed by atoms with Gasteiger partial charge in [0.15, 0.2) is 6.17 Å². The summed E-state index contributed by atoms with van der Waals surface area (Å²) in [5, 5.41) is 9.40. The van der Waals surface area contributed by atoms with Crippen molar-refractivity contribution in [3.63, 3.8) is 0 Å². The molecule has 0 aliphatic carbocycles. The van der Waals surface area contributed by atoms with Gasteiger partial charge in [0.25, 0.3) is 0 Å². The molecule has 0 aromatic heterocycles. The number of aliphatic carboxylic acids is 1. The van der Waals surface area contributed by atoms with Crippen LogP contribution in [0.2, 0.25) is 0 Å². The highest BCUT2D eigenvalue weighted by molar-refractivity contribution is 5.87. The molecule has 0 radical (unpaired) electrons. The van der Waals surface area contributed by atoms with Gasteiger partial charge in [-0.15, -0.1) is 0 Å². The first-order valence-corrected chi connectivity index (χ1v) is 7.53. The number of carboxylic acids is 1. The zero-order valence-corrected chi connectivity index (χ0v) is 14.3. The molecule has 6 nitrogen and oxygen atoms in total. The molecular formula is C16H27N2O4+. The number of carbonyl (C=O) groups is 3. The minimum absolute atomic E-state index is 0.0110. The van der Waals surface area contributed by atoms with E-state index in [2.05, 4.69) is 0 Å². The van der Waals surface area contributed by atoms with Crippen LogP contribution in [0.25, 0.3) is 0 Å². The smallest absolute Gasteiger partial charge is 0.390 e. The first kappa shape index (κ1) is 18.4. The van der Waals surface area contributed by atoms with Gasteiger partial charge in [-0.1, -0.05) is 27.7 Å². The fourth-order valence-electron chi connectivity index (χ4n) is 2.72. The van der Waals surface area contributed by atoms with Gasteiger partial charge < -0.3 is 5.11 Å². The number of carbonyl (C=O) groups excluding carboxylic acids is 2. The third-order valence-electron chi connectivity index (χ3n) is 4.13. The van der Waals surface area contributed by atoms with Crippen LogP contribution in [0.1, 0.15) is 40.5 Å². The Morgan fingerprint density at radius 2 is 1.86 bits per heavy atom. The quantitative estimate of drug-likeness (QED) is 0.801. The first-order valence-electron chi connectivity index (χ1n) is 7.53. The second-order valence-corrected chi connectivity index (χ2v) is 7.22. The van der Waals surface area contributed by atoms with Crippen molar-refractivity contribution in [2.24, 2.45) is 5.41 Å². The zero-order valence-electron chi connectivity index (χ0n) is 14.3. The van der Waals surface area contributed by atoms with Crippen LogP contribution in [0.5, 0.6) is 0 Å². The SMILES string of the molecule is CCC(=O)CC1N(C(=O)C(C)(C)C)CC=C(C(=O)O)[N+]1(C)C. The molecule has 0 fully saturated rings. The number of hydrogen-bond acceptors (Lipinski definition) is 3. The van der Waals surface area contributed by atoms with Crippen LogP contribution in [0.15, 0.2) is 11.8 Å². The average Bonchev–Trinajstić information content (AvgIpc) is 2.37. The van der Waals surface area contributed by atoms with E-state index in [0.29, 0.717) is 6.42 Å². The summed E-state index contributed by atoms with van der Waals surface area (Å²) in [6.45, 7) is 7.47. The highest BCUT2D eigenvalue weighted by Gasteiger charge is 2.47. The largest absolute Gasteiger partial charge is 0.474 e. The van der Waals surface area contributed by atoms with Crippen molar-refractivity contribution in [1.82, 2.24) is 4.90 Å². The van der Waals surface area contributed by atoms with E-state index in [4.69, 9.17) is 0 Å². The monoisotopic (exact) mass is 311 g/mol. The molecule has 22 heavy (non-hydrogen) atoms. The molecule has 1 aliphatic rings. The Labute approximate surface area is 132 Å². The molecule has 0 bridgehead atoms. The van der Waals surface area contributed by atoms with E-state index in [9.17, 15) is 19.5 Å². The Bertz CT molecular complexity index is 515. The van der Waals surface area contributed by atoms with Gasteiger partial charge in [0, 0.05) is 17.9 Å². The molecule has 0 aromatic carbocycles. The lowest BCUT2D eigenvalue weighted by atomic mass is 9.93. The van der Waals surface area contributed by atoms with Gasteiger partial charge in [-0.05, 0) is 0 Å². The molecule has 6 heteroatoms. The number of Topliss-reactive ketones (excluding diaryl/α,β-unsaturated/α-hetero) is 1. The lowest BCUT2D eigenvalue weighted by molar-refractivity contribution is -0.887. The van der Waals surface area contributed by atoms with E-state index >= 15 is 0 Å². The minimum atomic E-state index is -1.01. The molecule has 1 atom stereocenters. The summed E-state index contributed by atoms with van der Waals surface area (Å²) < 4.78 is -0.0110. The molecule has 0 saturated carbocycles. The molecule has 1 heterocycles. The van der Waals surface area contributed by atoms with Crippen LogP contribution in [-0.2, 0) is 14.4 Å². The highest BCUT2D eigenvalue weighted by atomic mass is 16.4. The predicted molar refractivity (Wildman–Crippen MR) is 82.7 cm³/mol. The fourth-order valence-corrected chi connectivity index (χ4v) is 2.72. The molecule has 0 aromatic rings. The summed E-state index contributed by atoms with van der Waals surface area (Å²) >= 11 is 0. The van der Waals surface area contributed by atoms with Crippen LogP contribution < -0.4 is 0 Å². The van der Waals surface area contributed by atoms with Crippen LogP contribution >= 0.6 is 0 Å². The van der Waals surface area contributed by atoms with Gasteiger partial charge >= 0.3 is 5.97 Å². The third-order valence-corrected chi connectivity index (χ3v) is 4.13. The molecular weight excluding hydrogens is 284 g/mol. The summed E-state index contributed by atoms with van der Waals surface area (Å²) in [4.78, 5) is 37.8. The van der Waals surface area contributed by atoms with Gasteiger partial charge in [0.05, 0.1) is 27.1 Å². The van der Waals surface area contributed by atoms with Crippen LogP contribution in [0, 0.1) is 5.41 Å². The molecule has 1 unspecified atom stereocenters. The Kier molecular flexibility index (Phi) is 5.18. The van der Waals surface area contributed by atoms with Gasteiger partial charge in [-0.25, -0.2) is 4.79 Å². The summed E-state index contributed by atoms with van der Waals surface area (Å²) in [6, 6.07) is 0. The highest BCUT2D eigenvalue weighted by Crippen LogP contribution is 2.31. The number of nitrogens with zero attached hydrogens (tertiary/aromatic N) is 2. The van der Waals surface area contributed by atoms with E-state index in [1.165, 1.54) is 0 Å². The minimum Gasteiger partial charge on any atom is -0.474 e. The van der Waals surface area contributed by atoms with Crippen LogP contribution in [-0.4, -0.2) is 59.0 Å². The van der Waals surface area contributed by atoms with Crippen molar-refractivity contribution >= 4 is 17.7 Å². The fraction of sp³-hybridized carbons (Fsp3) is 0.688. The Morgan fingerprint density at radius 1 is 1.32 bits per heavy atom. The van der Waals surface area contributed by atoms with Crippen molar-refractivity contribution in [2.45, 2.75) is 46.7 Å². The van der Waals surface area contributed by atoms with Crippen molar-refractivity contribution in [3.05, 3.63) is 11.8 Å². The number of carboxylic acid groups (broad SMARTS) is 1. The molecule has 1 N–H and O–H groups in total. The van der Waals surface area contributed by atoms with E-state index in [0.717, 1.165) is 0 Å². The van der Waals surface area contributed by atoms with Crippen molar-refractivity contribution in [2.75, 3.05) is 20.6 Å². The van der Waals surface area contributed by atoms with E-state index in [-0.39, 0.29) is 34.8 Å². The third kappa shape index (κ3) is 3.55. The molecule has 1 amide bonds. The van der Waals surface area contributed by atoms with Crippen LogP contribution in [0.3, 0.4) is 0 Å². The van der Waals surface area contributed by atoms with Gasteiger partial charge in [0.2, 0.25) is 11.6 Å². The number of hydrogen-bond donors (Lipinski definition) is 1. The molecule has 0 spiro atoms. The normalized spacial score (nSPS) is 21.3. The maximum atomic E-state index is 12.7. The van der Waals surface area contributed by atoms with Crippen molar-refractivity contribution < 1.29 is 24.0 Å². The number of ketones is 1. The number of rotatable bonds is 4. The summed E-state index contributed by atoms with van der Waals surface area (Å²) in [7, 11) is 3.46. The predicted octanol–water partition coefficient (Wildman–Crippen LogP) is 1.61. The standard InChI is InChI=1S/C16H26N2O4/c1-7-11(19)10-13-17(15(22)16(2,3)4)9-8-12(14(20)21)18(13,5)6/h8,13H,7,9-10H2,1-6H3/p+1. The molecule has 0 saturated heterocycles. The number of quaternary nitrogens is 1. The van der Waals surface area contributed by atoms with E-state index in [1.807, 2.05) is 20.8 Å². The topological polar surface area (TPSA) is 74.7 Å². The van der Waals surface area contributed by atoms with Crippen LogP contribution in [0.4, 0.5) is 0 Å². The Morgan fingerprint density at radius 3 is 2.27 bits per heavy atom. The Balaban J connectivity index is 3.29. The zero-order chi connectivity index (χ0) is 17.3. The van der Waals surface area contributed by atoms with Gasteiger partial charge in [-0.3, -0.25) is 19.0 Å². The molecule has 1 rings (SSSR count). The summed E-state index contributed by atoms with van der Waals surface area (Å²) in [5.41, 5.74) is -0.367. The number of likely N-dealkylation sites (N-methyl/N-ethyl adjacent to an activating group) is 1.